The molecule has 0 saturated heterocycles. The molecule has 0 radical (unpaired) electrons. The SMILES string of the molecule is CC(C)(C)CC(=O)NCCNC(=O)COc1ccccc1. The molecule has 0 unspecified atom stereocenters. The molecule has 0 aliphatic rings. The summed E-state index contributed by atoms with van der Waals surface area (Å²) in [4.78, 5) is 23.1. The predicted octanol–water partition coefficient (Wildman–Crippen LogP) is 1.73. The number of rotatable bonds is 7. The van der Waals surface area contributed by atoms with Crippen LogP contribution < -0.4 is 15.4 Å². The number of amides is 2. The number of hydrogen-bond donors (Lipinski definition) is 2. The molecule has 5 nitrogen and oxygen atoms in total. The fourth-order valence-corrected chi connectivity index (χ4v) is 1.66. The van der Waals surface area contributed by atoms with Crippen LogP contribution in [0.25, 0.3) is 0 Å². The summed E-state index contributed by atoms with van der Waals surface area (Å²) in [5.74, 6) is 0.451. The topological polar surface area (TPSA) is 67.4 Å². The van der Waals surface area contributed by atoms with E-state index >= 15 is 0 Å². The van der Waals surface area contributed by atoms with Gasteiger partial charge in [-0.1, -0.05) is 39.0 Å². The van der Waals surface area contributed by atoms with Crippen LogP contribution in [0, 0.1) is 5.41 Å². The maximum Gasteiger partial charge on any atom is 0.258 e. The molecule has 1 aromatic rings. The van der Waals surface area contributed by atoms with Gasteiger partial charge in [0.1, 0.15) is 5.75 Å². The van der Waals surface area contributed by atoms with E-state index in [1.807, 2.05) is 39.0 Å². The highest BCUT2D eigenvalue weighted by molar-refractivity contribution is 5.78. The molecule has 5 heteroatoms. The molecule has 0 saturated carbocycles. The lowest BCUT2D eigenvalue weighted by Gasteiger charge is -2.17. The molecule has 2 amide bonds. The minimum Gasteiger partial charge on any atom is -0.484 e. The summed E-state index contributed by atoms with van der Waals surface area (Å²) in [6, 6.07) is 9.16. The molecule has 0 spiro atoms. The molecular formula is C16H24N2O3. The normalized spacial score (nSPS) is 10.8. The highest BCUT2D eigenvalue weighted by atomic mass is 16.5. The molecule has 0 bridgehead atoms. The molecule has 2 N–H and O–H groups in total. The van der Waals surface area contributed by atoms with Crippen molar-refractivity contribution < 1.29 is 14.3 Å². The monoisotopic (exact) mass is 292 g/mol. The third-order valence-corrected chi connectivity index (χ3v) is 2.57. The molecule has 1 aromatic carbocycles. The fraction of sp³-hybridized carbons (Fsp3) is 0.500. The molecule has 0 aliphatic carbocycles. The predicted molar refractivity (Wildman–Crippen MR) is 82.0 cm³/mol. The van der Waals surface area contributed by atoms with Crippen LogP contribution in [0.2, 0.25) is 0 Å². The quantitative estimate of drug-likeness (QED) is 0.752. The molecule has 0 atom stereocenters. The van der Waals surface area contributed by atoms with Gasteiger partial charge >= 0.3 is 0 Å². The Kier molecular flexibility index (Phi) is 6.72. The van der Waals surface area contributed by atoms with Crippen LogP contribution in [0.1, 0.15) is 27.2 Å². The van der Waals surface area contributed by atoms with Gasteiger partial charge in [-0.05, 0) is 17.5 Å². The van der Waals surface area contributed by atoms with Gasteiger partial charge in [0.25, 0.3) is 5.91 Å². The van der Waals surface area contributed by atoms with Crippen LogP contribution in [0.4, 0.5) is 0 Å². The van der Waals surface area contributed by atoms with E-state index in [-0.39, 0.29) is 23.8 Å². The van der Waals surface area contributed by atoms with Crippen molar-refractivity contribution in [2.45, 2.75) is 27.2 Å². The highest BCUT2D eigenvalue weighted by Gasteiger charge is 2.15. The Morgan fingerprint density at radius 1 is 1.00 bits per heavy atom. The minimum atomic E-state index is -0.205. The summed E-state index contributed by atoms with van der Waals surface area (Å²) >= 11 is 0. The molecule has 0 aliphatic heterocycles. The number of carbonyl (C=O) groups excluding carboxylic acids is 2. The largest absolute Gasteiger partial charge is 0.484 e. The van der Waals surface area contributed by atoms with Gasteiger partial charge in [-0.3, -0.25) is 9.59 Å². The molecule has 1 rings (SSSR count). The maximum atomic E-state index is 11.6. The summed E-state index contributed by atoms with van der Waals surface area (Å²) in [6.07, 6.45) is 0.470. The summed E-state index contributed by atoms with van der Waals surface area (Å²) in [5, 5.41) is 5.47. The first-order chi connectivity index (χ1) is 9.87. The summed E-state index contributed by atoms with van der Waals surface area (Å²) in [7, 11) is 0. The zero-order chi connectivity index (χ0) is 15.7. The van der Waals surface area contributed by atoms with Crippen LogP contribution in [0.5, 0.6) is 5.75 Å². The summed E-state index contributed by atoms with van der Waals surface area (Å²) in [6.45, 7) is 6.82. The zero-order valence-corrected chi connectivity index (χ0v) is 12.9. The average molecular weight is 292 g/mol. The van der Waals surface area contributed by atoms with E-state index in [4.69, 9.17) is 4.74 Å². The molecule has 0 aromatic heterocycles. The summed E-state index contributed by atoms with van der Waals surface area (Å²) in [5.41, 5.74) is -0.0309. The van der Waals surface area contributed by atoms with Gasteiger partial charge in [0, 0.05) is 19.5 Å². The number of para-hydroxylation sites is 1. The van der Waals surface area contributed by atoms with E-state index < -0.39 is 0 Å². The third-order valence-electron chi connectivity index (χ3n) is 2.57. The molecular weight excluding hydrogens is 268 g/mol. The lowest BCUT2D eigenvalue weighted by atomic mass is 9.92. The van der Waals surface area contributed by atoms with Gasteiger partial charge < -0.3 is 15.4 Å². The van der Waals surface area contributed by atoms with Gasteiger partial charge in [-0.2, -0.15) is 0 Å². The van der Waals surface area contributed by atoms with Crippen LogP contribution in [-0.2, 0) is 9.59 Å². The van der Waals surface area contributed by atoms with Crippen molar-refractivity contribution in [3.8, 4) is 5.75 Å². The second-order valence-electron chi connectivity index (χ2n) is 6.04. The van der Waals surface area contributed by atoms with Crippen molar-refractivity contribution in [1.82, 2.24) is 10.6 Å². The number of ether oxygens (including phenoxy) is 1. The Morgan fingerprint density at radius 2 is 1.57 bits per heavy atom. The molecule has 0 fully saturated rings. The first kappa shape index (κ1) is 17.0. The van der Waals surface area contributed by atoms with E-state index in [0.29, 0.717) is 25.3 Å². The molecule has 21 heavy (non-hydrogen) atoms. The molecule has 0 heterocycles. The smallest absolute Gasteiger partial charge is 0.258 e. The lowest BCUT2D eigenvalue weighted by molar-refractivity contribution is -0.124. The summed E-state index contributed by atoms with van der Waals surface area (Å²) < 4.78 is 5.31. The van der Waals surface area contributed by atoms with Crippen molar-refractivity contribution in [2.24, 2.45) is 5.41 Å². The van der Waals surface area contributed by atoms with E-state index in [0.717, 1.165) is 0 Å². The number of carbonyl (C=O) groups is 2. The number of benzene rings is 1. The Balaban J connectivity index is 2.10. The van der Waals surface area contributed by atoms with Gasteiger partial charge in [0.05, 0.1) is 0 Å². The van der Waals surface area contributed by atoms with E-state index in [9.17, 15) is 9.59 Å². The fourth-order valence-electron chi connectivity index (χ4n) is 1.66. The second kappa shape index (κ2) is 8.29. The van der Waals surface area contributed by atoms with Crippen LogP contribution in [0.3, 0.4) is 0 Å². The van der Waals surface area contributed by atoms with Gasteiger partial charge in [-0.15, -0.1) is 0 Å². The standard InChI is InChI=1S/C16H24N2O3/c1-16(2,3)11-14(19)17-9-10-18-15(20)12-21-13-7-5-4-6-8-13/h4-8H,9-12H2,1-3H3,(H,17,19)(H,18,20). The van der Waals surface area contributed by atoms with Gasteiger partial charge in [0.15, 0.2) is 6.61 Å². The Morgan fingerprint density at radius 3 is 2.14 bits per heavy atom. The van der Waals surface area contributed by atoms with Crippen LogP contribution in [0.15, 0.2) is 30.3 Å². The minimum absolute atomic E-state index is 0.00251. The van der Waals surface area contributed by atoms with E-state index in [1.165, 1.54) is 0 Å². The zero-order valence-electron chi connectivity index (χ0n) is 12.9. The lowest BCUT2D eigenvalue weighted by Crippen LogP contribution is -2.37. The average Bonchev–Trinajstić information content (AvgIpc) is 2.40. The molecule has 116 valence electrons. The second-order valence-corrected chi connectivity index (χ2v) is 6.04. The van der Waals surface area contributed by atoms with Crippen molar-refractivity contribution >= 4 is 11.8 Å². The van der Waals surface area contributed by atoms with Crippen LogP contribution in [-0.4, -0.2) is 31.5 Å². The van der Waals surface area contributed by atoms with Crippen molar-refractivity contribution in [2.75, 3.05) is 19.7 Å². The number of nitrogens with one attached hydrogen (secondary N) is 2. The van der Waals surface area contributed by atoms with Gasteiger partial charge in [-0.25, -0.2) is 0 Å². The Labute approximate surface area is 126 Å². The first-order valence-corrected chi connectivity index (χ1v) is 7.08. The third kappa shape index (κ3) is 8.68. The van der Waals surface area contributed by atoms with Crippen molar-refractivity contribution in [1.29, 1.82) is 0 Å². The Bertz CT molecular complexity index is 452. The van der Waals surface area contributed by atoms with E-state index in [2.05, 4.69) is 10.6 Å². The number of hydrogen-bond acceptors (Lipinski definition) is 3. The van der Waals surface area contributed by atoms with Crippen LogP contribution >= 0.6 is 0 Å². The highest BCUT2D eigenvalue weighted by Crippen LogP contribution is 2.17. The maximum absolute atomic E-state index is 11.6. The first-order valence-electron chi connectivity index (χ1n) is 7.08. The van der Waals surface area contributed by atoms with Gasteiger partial charge in [0.2, 0.25) is 5.91 Å². The van der Waals surface area contributed by atoms with Crippen molar-refractivity contribution in [3.63, 3.8) is 0 Å². The van der Waals surface area contributed by atoms with E-state index in [1.54, 1.807) is 12.1 Å². The van der Waals surface area contributed by atoms with Crippen molar-refractivity contribution in [3.05, 3.63) is 30.3 Å². The Hall–Kier alpha value is -2.04.